The molecule has 1 aromatic carbocycles. The fourth-order valence-electron chi connectivity index (χ4n) is 1.20. The molecule has 0 saturated carbocycles. The standard InChI is InChI=1S/C10H9NOS.ClH/c11-8-1-2-10(12)9(5-8)7-3-4-13-6-7;/h1-6,12H,11H2;1H. The van der Waals surface area contributed by atoms with Crippen LogP contribution in [0, 0.1) is 0 Å². The number of rotatable bonds is 1. The molecule has 0 atom stereocenters. The highest BCUT2D eigenvalue weighted by atomic mass is 35.5. The third-order valence-electron chi connectivity index (χ3n) is 1.85. The fourth-order valence-corrected chi connectivity index (χ4v) is 1.86. The summed E-state index contributed by atoms with van der Waals surface area (Å²) < 4.78 is 0. The second-order valence-corrected chi connectivity index (χ2v) is 3.57. The SMILES string of the molecule is Cl.Nc1ccc(O)c(-c2ccsc2)c1. The molecule has 0 saturated heterocycles. The summed E-state index contributed by atoms with van der Waals surface area (Å²) in [6.45, 7) is 0. The van der Waals surface area contributed by atoms with Crippen LogP contribution in [0.4, 0.5) is 5.69 Å². The predicted molar refractivity (Wildman–Crippen MR) is 63.1 cm³/mol. The van der Waals surface area contributed by atoms with E-state index < -0.39 is 0 Å². The molecule has 0 aliphatic rings. The maximum Gasteiger partial charge on any atom is 0.123 e. The zero-order valence-electron chi connectivity index (χ0n) is 7.31. The molecule has 0 unspecified atom stereocenters. The van der Waals surface area contributed by atoms with Crippen molar-refractivity contribution in [3.63, 3.8) is 0 Å². The van der Waals surface area contributed by atoms with Crippen molar-refractivity contribution in [3.8, 4) is 16.9 Å². The monoisotopic (exact) mass is 227 g/mol. The third-order valence-corrected chi connectivity index (χ3v) is 2.54. The summed E-state index contributed by atoms with van der Waals surface area (Å²) in [4.78, 5) is 0. The number of thiophene rings is 1. The third kappa shape index (κ3) is 2.00. The summed E-state index contributed by atoms with van der Waals surface area (Å²) in [6, 6.07) is 7.03. The average molecular weight is 228 g/mol. The van der Waals surface area contributed by atoms with Crippen LogP contribution in [0.5, 0.6) is 5.75 Å². The van der Waals surface area contributed by atoms with Gasteiger partial charge in [0.2, 0.25) is 0 Å². The number of anilines is 1. The first-order valence-corrected chi connectivity index (χ1v) is 4.83. The van der Waals surface area contributed by atoms with Gasteiger partial charge in [-0.3, -0.25) is 0 Å². The summed E-state index contributed by atoms with van der Waals surface area (Å²) in [5.41, 5.74) is 8.09. The van der Waals surface area contributed by atoms with Crippen LogP contribution in [0.15, 0.2) is 35.0 Å². The van der Waals surface area contributed by atoms with Gasteiger partial charge in [0.05, 0.1) is 0 Å². The van der Waals surface area contributed by atoms with Gasteiger partial charge in [0.1, 0.15) is 5.75 Å². The lowest BCUT2D eigenvalue weighted by molar-refractivity contribution is 0.477. The van der Waals surface area contributed by atoms with Crippen LogP contribution in [-0.2, 0) is 0 Å². The second kappa shape index (κ2) is 4.35. The lowest BCUT2D eigenvalue weighted by Crippen LogP contribution is -1.84. The van der Waals surface area contributed by atoms with Gasteiger partial charge in [-0.05, 0) is 40.6 Å². The predicted octanol–water partition coefficient (Wildman–Crippen LogP) is 3.12. The van der Waals surface area contributed by atoms with E-state index in [0.29, 0.717) is 5.69 Å². The molecule has 0 spiro atoms. The second-order valence-electron chi connectivity index (χ2n) is 2.79. The van der Waals surface area contributed by atoms with Gasteiger partial charge >= 0.3 is 0 Å². The largest absolute Gasteiger partial charge is 0.507 e. The van der Waals surface area contributed by atoms with Crippen LogP contribution >= 0.6 is 23.7 Å². The Morgan fingerprint density at radius 3 is 2.64 bits per heavy atom. The Balaban J connectivity index is 0.000000980. The van der Waals surface area contributed by atoms with Crippen molar-refractivity contribution in [2.24, 2.45) is 0 Å². The van der Waals surface area contributed by atoms with Crippen LogP contribution < -0.4 is 5.73 Å². The van der Waals surface area contributed by atoms with Crippen LogP contribution in [0.1, 0.15) is 0 Å². The molecule has 3 N–H and O–H groups in total. The number of nitrogen functional groups attached to an aromatic ring is 1. The summed E-state index contributed by atoms with van der Waals surface area (Å²) in [5.74, 6) is 0.271. The summed E-state index contributed by atoms with van der Waals surface area (Å²) >= 11 is 1.60. The minimum atomic E-state index is 0. The van der Waals surface area contributed by atoms with Crippen molar-refractivity contribution in [2.45, 2.75) is 0 Å². The van der Waals surface area contributed by atoms with Crippen molar-refractivity contribution in [1.29, 1.82) is 0 Å². The van der Waals surface area contributed by atoms with E-state index in [9.17, 15) is 5.11 Å². The van der Waals surface area contributed by atoms with Gasteiger partial charge in [-0.2, -0.15) is 11.3 Å². The first-order valence-electron chi connectivity index (χ1n) is 3.88. The zero-order valence-corrected chi connectivity index (χ0v) is 8.94. The number of phenolic OH excluding ortho intramolecular Hbond substituents is 1. The molecule has 0 aliphatic carbocycles. The van der Waals surface area contributed by atoms with E-state index in [4.69, 9.17) is 5.73 Å². The Kier molecular flexibility index (Phi) is 3.38. The number of benzene rings is 1. The number of hydrogen-bond donors (Lipinski definition) is 2. The quantitative estimate of drug-likeness (QED) is 0.581. The van der Waals surface area contributed by atoms with E-state index >= 15 is 0 Å². The molecule has 0 fully saturated rings. The van der Waals surface area contributed by atoms with E-state index in [1.54, 1.807) is 29.5 Å². The molecule has 0 bridgehead atoms. The lowest BCUT2D eigenvalue weighted by Gasteiger charge is -2.02. The Morgan fingerprint density at radius 2 is 2.00 bits per heavy atom. The number of nitrogens with two attached hydrogens (primary N) is 1. The van der Waals surface area contributed by atoms with Crippen molar-refractivity contribution < 1.29 is 5.11 Å². The normalized spacial score (nSPS) is 9.43. The molecule has 0 aliphatic heterocycles. The summed E-state index contributed by atoms with van der Waals surface area (Å²) in [5, 5.41) is 13.5. The molecule has 4 heteroatoms. The zero-order chi connectivity index (χ0) is 9.26. The highest BCUT2D eigenvalue weighted by molar-refractivity contribution is 7.08. The maximum absolute atomic E-state index is 9.56. The Bertz CT molecular complexity index is 414. The molecule has 0 radical (unpaired) electrons. The molecular formula is C10H10ClNOS. The van der Waals surface area contributed by atoms with Crippen molar-refractivity contribution in [1.82, 2.24) is 0 Å². The molecular weight excluding hydrogens is 218 g/mol. The van der Waals surface area contributed by atoms with Crippen LogP contribution in [0.25, 0.3) is 11.1 Å². The van der Waals surface area contributed by atoms with Gasteiger partial charge in [-0.25, -0.2) is 0 Å². The lowest BCUT2D eigenvalue weighted by atomic mass is 10.1. The van der Waals surface area contributed by atoms with Gasteiger partial charge in [0.25, 0.3) is 0 Å². The van der Waals surface area contributed by atoms with Crippen LogP contribution in [0.2, 0.25) is 0 Å². The minimum Gasteiger partial charge on any atom is -0.507 e. The Morgan fingerprint density at radius 1 is 1.21 bits per heavy atom. The van der Waals surface area contributed by atoms with Gasteiger partial charge in [0.15, 0.2) is 0 Å². The average Bonchev–Trinajstić information content (AvgIpc) is 2.61. The topological polar surface area (TPSA) is 46.2 Å². The van der Waals surface area contributed by atoms with E-state index in [0.717, 1.165) is 11.1 Å². The smallest absolute Gasteiger partial charge is 0.123 e. The number of hydrogen-bond acceptors (Lipinski definition) is 3. The van der Waals surface area contributed by atoms with E-state index in [2.05, 4.69) is 0 Å². The first kappa shape index (κ1) is 10.9. The molecule has 0 amide bonds. The van der Waals surface area contributed by atoms with Crippen LogP contribution in [-0.4, -0.2) is 5.11 Å². The Labute approximate surface area is 92.4 Å². The summed E-state index contributed by atoms with van der Waals surface area (Å²) in [7, 11) is 0. The summed E-state index contributed by atoms with van der Waals surface area (Å²) in [6.07, 6.45) is 0. The fraction of sp³-hybridized carbons (Fsp3) is 0. The molecule has 2 aromatic rings. The van der Waals surface area contributed by atoms with Crippen LogP contribution in [0.3, 0.4) is 0 Å². The van der Waals surface area contributed by atoms with Crippen molar-refractivity contribution in [2.75, 3.05) is 5.73 Å². The van der Waals surface area contributed by atoms with Crippen molar-refractivity contribution in [3.05, 3.63) is 35.0 Å². The minimum absolute atomic E-state index is 0. The van der Waals surface area contributed by atoms with Gasteiger partial charge < -0.3 is 10.8 Å². The molecule has 2 nitrogen and oxygen atoms in total. The number of halogens is 1. The maximum atomic E-state index is 9.56. The first-order chi connectivity index (χ1) is 6.27. The highest BCUT2D eigenvalue weighted by Gasteiger charge is 2.04. The molecule has 1 heterocycles. The Hall–Kier alpha value is -1.19. The highest BCUT2D eigenvalue weighted by Crippen LogP contribution is 2.31. The molecule has 2 rings (SSSR count). The van der Waals surface area contributed by atoms with E-state index in [1.807, 2.05) is 16.8 Å². The van der Waals surface area contributed by atoms with E-state index in [-0.39, 0.29) is 18.2 Å². The molecule has 1 aromatic heterocycles. The molecule has 14 heavy (non-hydrogen) atoms. The van der Waals surface area contributed by atoms with Crippen molar-refractivity contribution >= 4 is 29.4 Å². The number of phenols is 1. The van der Waals surface area contributed by atoms with Gasteiger partial charge in [-0.15, -0.1) is 12.4 Å². The van der Waals surface area contributed by atoms with Gasteiger partial charge in [-0.1, -0.05) is 0 Å². The molecule has 74 valence electrons. The van der Waals surface area contributed by atoms with Gasteiger partial charge in [0, 0.05) is 11.3 Å². The number of aromatic hydroxyl groups is 1. The van der Waals surface area contributed by atoms with E-state index in [1.165, 1.54) is 0 Å².